The molecule has 12 heavy (non-hydrogen) atoms. The molecule has 5 heteroatoms. The molecule has 0 saturated carbocycles. The van der Waals surface area contributed by atoms with Gasteiger partial charge in [0, 0.05) is 6.08 Å². The number of nitrogens with zero attached hydrogens (tertiary/aromatic N) is 1. The summed E-state index contributed by atoms with van der Waals surface area (Å²) in [5.41, 5.74) is 0.0746. The molecule has 0 unspecified atom stereocenters. The summed E-state index contributed by atoms with van der Waals surface area (Å²) >= 11 is 0. The van der Waals surface area contributed by atoms with E-state index in [9.17, 15) is 4.79 Å². The topological polar surface area (TPSA) is 72.6 Å². The van der Waals surface area contributed by atoms with E-state index in [0.29, 0.717) is 0 Å². The summed E-state index contributed by atoms with van der Waals surface area (Å²) in [5, 5.41) is 8.33. The molecule has 0 aliphatic carbocycles. The van der Waals surface area contributed by atoms with Crippen LogP contribution in [0.1, 0.15) is 16.4 Å². The van der Waals surface area contributed by atoms with Crippen LogP contribution in [0.15, 0.2) is 16.9 Å². The van der Waals surface area contributed by atoms with Crippen LogP contribution in [0.3, 0.4) is 0 Å². The molecule has 0 aliphatic rings. The fourth-order valence-corrected chi connectivity index (χ4v) is 0.626. The van der Waals surface area contributed by atoms with E-state index in [-0.39, 0.29) is 11.6 Å². The number of aromatic nitrogens is 1. The van der Waals surface area contributed by atoms with Gasteiger partial charge in [0.15, 0.2) is 5.69 Å². The van der Waals surface area contributed by atoms with Crippen LogP contribution in [0.5, 0.6) is 0 Å². The fourth-order valence-electron chi connectivity index (χ4n) is 0.626. The molecular weight excluding hydrogens is 162 g/mol. The lowest BCUT2D eigenvalue weighted by Crippen LogP contribution is -2.00. The zero-order valence-electron chi connectivity index (χ0n) is 6.35. The van der Waals surface area contributed by atoms with Gasteiger partial charge in [-0.3, -0.25) is 0 Å². The fraction of sp³-hybridized carbons (Fsp3) is 0.143. The van der Waals surface area contributed by atoms with Crippen molar-refractivity contribution in [3.63, 3.8) is 0 Å². The van der Waals surface area contributed by atoms with Gasteiger partial charge in [0.2, 0.25) is 5.89 Å². The van der Waals surface area contributed by atoms with E-state index in [1.807, 2.05) is 0 Å². The molecule has 0 fully saturated rings. The van der Waals surface area contributed by atoms with Crippen molar-refractivity contribution in [1.29, 1.82) is 0 Å². The summed E-state index contributed by atoms with van der Waals surface area (Å²) in [6.07, 6.45) is 3.14. The van der Waals surface area contributed by atoms with Gasteiger partial charge in [-0.05, 0) is 0 Å². The molecular formula is C7H7NO4. The van der Waals surface area contributed by atoms with E-state index >= 15 is 0 Å². The second kappa shape index (κ2) is 3.56. The van der Waals surface area contributed by atoms with E-state index in [1.54, 1.807) is 0 Å². The van der Waals surface area contributed by atoms with E-state index < -0.39 is 5.97 Å². The van der Waals surface area contributed by atoms with Crippen molar-refractivity contribution in [2.75, 3.05) is 7.11 Å². The molecule has 0 aromatic carbocycles. The monoisotopic (exact) mass is 169 g/mol. The summed E-state index contributed by atoms with van der Waals surface area (Å²) in [4.78, 5) is 14.5. The molecule has 0 radical (unpaired) electrons. The zero-order chi connectivity index (χ0) is 8.97. The Hall–Kier alpha value is -1.78. The van der Waals surface area contributed by atoms with E-state index in [0.717, 1.165) is 12.5 Å². The maximum Gasteiger partial charge on any atom is 0.360 e. The maximum absolute atomic E-state index is 10.8. The molecule has 5 nitrogen and oxygen atoms in total. The lowest BCUT2D eigenvalue weighted by Gasteiger charge is -1.88. The summed E-state index contributed by atoms with van der Waals surface area (Å²) < 4.78 is 9.15. The summed E-state index contributed by atoms with van der Waals surface area (Å²) in [5.74, 6) is -0.422. The number of ether oxygens (including phenoxy) is 1. The third-order valence-corrected chi connectivity index (χ3v) is 1.13. The van der Waals surface area contributed by atoms with Crippen molar-refractivity contribution in [2.24, 2.45) is 0 Å². The molecule has 1 aromatic heterocycles. The molecule has 1 rings (SSSR count). The van der Waals surface area contributed by atoms with Crippen LogP contribution in [0.25, 0.3) is 6.08 Å². The quantitative estimate of drug-likeness (QED) is 0.528. The second-order valence-electron chi connectivity index (χ2n) is 1.88. The zero-order valence-corrected chi connectivity index (χ0v) is 6.35. The third-order valence-electron chi connectivity index (χ3n) is 1.13. The number of oxazole rings is 1. The van der Waals surface area contributed by atoms with Gasteiger partial charge in [-0.25, -0.2) is 9.78 Å². The number of hydrogen-bond acceptors (Lipinski definition) is 5. The van der Waals surface area contributed by atoms with E-state index in [1.165, 1.54) is 13.2 Å². The molecule has 0 atom stereocenters. The van der Waals surface area contributed by atoms with Gasteiger partial charge in [-0.2, -0.15) is 0 Å². The van der Waals surface area contributed by atoms with Gasteiger partial charge in [0.05, 0.1) is 13.4 Å². The highest BCUT2D eigenvalue weighted by Crippen LogP contribution is 2.04. The Morgan fingerprint density at radius 2 is 2.58 bits per heavy atom. The first-order valence-corrected chi connectivity index (χ1v) is 3.12. The van der Waals surface area contributed by atoms with Crippen LogP contribution in [-0.4, -0.2) is 23.2 Å². The Balaban J connectivity index is 2.84. The van der Waals surface area contributed by atoms with Crippen LogP contribution < -0.4 is 0 Å². The van der Waals surface area contributed by atoms with Gasteiger partial charge in [-0.1, -0.05) is 0 Å². The number of rotatable bonds is 2. The third kappa shape index (κ3) is 1.63. The molecule has 0 saturated heterocycles. The molecule has 64 valence electrons. The van der Waals surface area contributed by atoms with Crippen LogP contribution in [0.2, 0.25) is 0 Å². The number of esters is 1. The predicted molar refractivity (Wildman–Crippen MR) is 39.5 cm³/mol. The first-order chi connectivity index (χ1) is 5.77. The Labute approximate surface area is 68.3 Å². The average molecular weight is 169 g/mol. The predicted octanol–water partition coefficient (Wildman–Crippen LogP) is 0.990. The molecule has 0 amide bonds. The number of carbonyl (C=O) groups excluding carboxylic acids is 1. The highest BCUT2D eigenvalue weighted by atomic mass is 16.5. The lowest BCUT2D eigenvalue weighted by atomic mass is 10.5. The van der Waals surface area contributed by atoms with Crippen molar-refractivity contribution in [2.45, 2.75) is 0 Å². The number of aliphatic hydroxyl groups is 1. The number of methoxy groups -OCH3 is 1. The van der Waals surface area contributed by atoms with E-state index in [4.69, 9.17) is 9.52 Å². The number of carbonyl (C=O) groups is 1. The van der Waals surface area contributed by atoms with Crippen molar-refractivity contribution >= 4 is 12.0 Å². The molecule has 0 spiro atoms. The maximum atomic E-state index is 10.8. The molecule has 0 aliphatic heterocycles. The van der Waals surface area contributed by atoms with Gasteiger partial charge in [0.25, 0.3) is 0 Å². The highest BCUT2D eigenvalue weighted by Gasteiger charge is 2.10. The minimum absolute atomic E-state index is 0.0746. The molecule has 0 bridgehead atoms. The molecule has 1 heterocycles. The molecule has 1 aromatic rings. The van der Waals surface area contributed by atoms with Gasteiger partial charge in [-0.15, -0.1) is 0 Å². The first-order valence-electron chi connectivity index (χ1n) is 3.12. The molecule has 1 N–H and O–H groups in total. The van der Waals surface area contributed by atoms with Crippen molar-refractivity contribution in [3.8, 4) is 0 Å². The summed E-state index contributed by atoms with van der Waals surface area (Å²) in [7, 11) is 1.25. The Morgan fingerprint density at radius 1 is 1.83 bits per heavy atom. The second-order valence-corrected chi connectivity index (χ2v) is 1.88. The minimum Gasteiger partial charge on any atom is -0.515 e. The van der Waals surface area contributed by atoms with Gasteiger partial charge >= 0.3 is 5.97 Å². The largest absolute Gasteiger partial charge is 0.515 e. The SMILES string of the molecule is COC(=O)c1coc(/C=C\O)n1. The average Bonchev–Trinajstić information content (AvgIpc) is 2.52. The smallest absolute Gasteiger partial charge is 0.360 e. The standard InChI is InChI=1S/C7H7NO4/c1-11-7(10)5-4-12-6(8-5)2-3-9/h2-4,9H,1H3/b3-2-. The minimum atomic E-state index is -0.573. The van der Waals surface area contributed by atoms with Crippen LogP contribution in [0, 0.1) is 0 Å². The lowest BCUT2D eigenvalue weighted by molar-refractivity contribution is 0.0594. The number of aliphatic hydroxyl groups excluding tert-OH is 1. The van der Waals surface area contributed by atoms with Crippen LogP contribution in [0.4, 0.5) is 0 Å². The Morgan fingerprint density at radius 3 is 3.17 bits per heavy atom. The van der Waals surface area contributed by atoms with Gasteiger partial charge in [0.1, 0.15) is 6.26 Å². The normalized spacial score (nSPS) is 10.4. The van der Waals surface area contributed by atoms with E-state index in [2.05, 4.69) is 9.72 Å². The number of hydrogen-bond donors (Lipinski definition) is 1. The first kappa shape index (κ1) is 8.32. The summed E-state index contributed by atoms with van der Waals surface area (Å²) in [6.45, 7) is 0. The van der Waals surface area contributed by atoms with Crippen molar-refractivity contribution < 1.29 is 19.1 Å². The van der Waals surface area contributed by atoms with Crippen molar-refractivity contribution in [3.05, 3.63) is 24.1 Å². The van der Waals surface area contributed by atoms with Crippen molar-refractivity contribution in [1.82, 2.24) is 4.98 Å². The van der Waals surface area contributed by atoms with Crippen LogP contribution in [-0.2, 0) is 4.74 Å². The van der Waals surface area contributed by atoms with Crippen LogP contribution >= 0.6 is 0 Å². The highest BCUT2D eigenvalue weighted by molar-refractivity contribution is 5.86. The Kier molecular flexibility index (Phi) is 2.47. The summed E-state index contributed by atoms with van der Waals surface area (Å²) in [6, 6.07) is 0. The van der Waals surface area contributed by atoms with Gasteiger partial charge < -0.3 is 14.3 Å². The Bertz CT molecular complexity index is 302.